The molecule has 0 aromatic heterocycles. The molecule has 1 saturated heterocycles. The van der Waals surface area contributed by atoms with Crippen LogP contribution in [0.3, 0.4) is 0 Å². The summed E-state index contributed by atoms with van der Waals surface area (Å²) in [5, 5.41) is 5.73. The minimum atomic E-state index is -0.831. The van der Waals surface area contributed by atoms with E-state index in [2.05, 4.69) is 10.6 Å². The van der Waals surface area contributed by atoms with Crippen molar-refractivity contribution >= 4 is 11.7 Å². The Morgan fingerprint density at radius 3 is 2.86 bits per heavy atom. The Kier molecular flexibility index (Phi) is 5.57. The van der Waals surface area contributed by atoms with Crippen molar-refractivity contribution in [3.05, 3.63) is 29.8 Å². The van der Waals surface area contributed by atoms with Crippen LogP contribution in [0.4, 0.5) is 19.3 Å². The van der Waals surface area contributed by atoms with Gasteiger partial charge in [-0.1, -0.05) is 6.92 Å². The first kappa shape index (κ1) is 16.5. The zero-order valence-corrected chi connectivity index (χ0v) is 13.0. The van der Waals surface area contributed by atoms with Crippen molar-refractivity contribution < 1.29 is 13.6 Å². The van der Waals surface area contributed by atoms with Gasteiger partial charge in [-0.15, -0.1) is 0 Å². The SMILES string of the molecule is CC[C@@H](C)NC(=O)NC[C@@H]1CCN(c2ccc(F)c(F)c2)C1. The van der Waals surface area contributed by atoms with Crippen LogP contribution >= 0.6 is 0 Å². The molecular formula is C16H23F2N3O. The molecule has 6 heteroatoms. The maximum absolute atomic E-state index is 13.3. The van der Waals surface area contributed by atoms with Crippen molar-refractivity contribution in [2.75, 3.05) is 24.5 Å². The number of benzene rings is 1. The molecule has 0 spiro atoms. The molecule has 1 aromatic rings. The predicted octanol–water partition coefficient (Wildman–Crippen LogP) is 2.89. The Bertz CT molecular complexity index is 524. The number of anilines is 1. The van der Waals surface area contributed by atoms with E-state index >= 15 is 0 Å². The number of urea groups is 1. The van der Waals surface area contributed by atoms with Crippen LogP contribution < -0.4 is 15.5 Å². The van der Waals surface area contributed by atoms with Gasteiger partial charge in [0, 0.05) is 37.4 Å². The zero-order valence-electron chi connectivity index (χ0n) is 13.0. The highest BCUT2D eigenvalue weighted by atomic mass is 19.2. The summed E-state index contributed by atoms with van der Waals surface area (Å²) in [6.45, 7) is 6.07. The predicted molar refractivity (Wildman–Crippen MR) is 83.0 cm³/mol. The van der Waals surface area contributed by atoms with Crippen LogP contribution in [0.5, 0.6) is 0 Å². The standard InChI is InChI=1S/C16H23F2N3O/c1-3-11(2)20-16(22)19-9-12-6-7-21(10-12)13-4-5-14(17)15(18)8-13/h4-5,8,11-12H,3,6-7,9-10H2,1-2H3,(H2,19,20,22)/t11-,12+/m1/s1. The number of rotatable bonds is 5. The van der Waals surface area contributed by atoms with Crippen molar-refractivity contribution in [3.63, 3.8) is 0 Å². The molecule has 4 nitrogen and oxygen atoms in total. The second-order valence-corrected chi connectivity index (χ2v) is 5.86. The Hall–Kier alpha value is -1.85. The van der Waals surface area contributed by atoms with E-state index in [1.54, 1.807) is 6.07 Å². The van der Waals surface area contributed by atoms with Crippen LogP contribution in [-0.2, 0) is 0 Å². The molecule has 2 atom stereocenters. The smallest absolute Gasteiger partial charge is 0.315 e. The minimum Gasteiger partial charge on any atom is -0.371 e. The van der Waals surface area contributed by atoms with Gasteiger partial charge in [-0.05, 0) is 37.8 Å². The highest BCUT2D eigenvalue weighted by molar-refractivity contribution is 5.74. The Balaban J connectivity index is 1.80. The van der Waals surface area contributed by atoms with Gasteiger partial charge in [0.2, 0.25) is 0 Å². The Labute approximate surface area is 129 Å². The first-order chi connectivity index (χ1) is 10.5. The molecule has 1 aliphatic rings. The third-order valence-corrected chi connectivity index (χ3v) is 4.10. The van der Waals surface area contributed by atoms with E-state index in [1.807, 2.05) is 18.7 Å². The first-order valence-electron chi connectivity index (χ1n) is 7.74. The first-order valence-corrected chi connectivity index (χ1v) is 7.74. The van der Waals surface area contributed by atoms with E-state index in [-0.39, 0.29) is 12.1 Å². The second-order valence-electron chi connectivity index (χ2n) is 5.86. The number of nitrogens with one attached hydrogen (secondary N) is 2. The average Bonchev–Trinajstić information content (AvgIpc) is 2.96. The van der Waals surface area contributed by atoms with Crippen molar-refractivity contribution in [2.45, 2.75) is 32.7 Å². The lowest BCUT2D eigenvalue weighted by Crippen LogP contribution is -2.42. The summed E-state index contributed by atoms with van der Waals surface area (Å²) in [4.78, 5) is 13.7. The van der Waals surface area contributed by atoms with Crippen molar-refractivity contribution in [1.29, 1.82) is 0 Å². The molecule has 1 aliphatic heterocycles. The zero-order chi connectivity index (χ0) is 16.1. The molecule has 1 heterocycles. The van der Waals surface area contributed by atoms with Gasteiger partial charge in [-0.2, -0.15) is 0 Å². The van der Waals surface area contributed by atoms with Crippen LogP contribution in [0.2, 0.25) is 0 Å². The van der Waals surface area contributed by atoms with Gasteiger partial charge in [0.25, 0.3) is 0 Å². The molecule has 1 fully saturated rings. The van der Waals surface area contributed by atoms with Crippen molar-refractivity contribution in [1.82, 2.24) is 10.6 Å². The highest BCUT2D eigenvalue weighted by Crippen LogP contribution is 2.24. The molecule has 122 valence electrons. The molecule has 1 aromatic carbocycles. The topological polar surface area (TPSA) is 44.4 Å². The number of carbonyl (C=O) groups is 1. The van der Waals surface area contributed by atoms with E-state index in [0.29, 0.717) is 18.2 Å². The fourth-order valence-electron chi connectivity index (χ4n) is 2.53. The van der Waals surface area contributed by atoms with E-state index < -0.39 is 11.6 Å². The van der Waals surface area contributed by atoms with Gasteiger partial charge in [-0.25, -0.2) is 13.6 Å². The number of hydrogen-bond acceptors (Lipinski definition) is 2. The summed E-state index contributed by atoms with van der Waals surface area (Å²) in [6.07, 6.45) is 1.81. The van der Waals surface area contributed by atoms with Crippen LogP contribution in [0.1, 0.15) is 26.7 Å². The largest absolute Gasteiger partial charge is 0.371 e. The normalized spacial score (nSPS) is 19.1. The third kappa shape index (κ3) is 4.32. The molecule has 2 amide bonds. The molecule has 0 bridgehead atoms. The fraction of sp³-hybridized carbons (Fsp3) is 0.562. The average molecular weight is 311 g/mol. The van der Waals surface area contributed by atoms with Crippen LogP contribution in [0, 0.1) is 17.6 Å². The van der Waals surface area contributed by atoms with Gasteiger partial charge in [-0.3, -0.25) is 0 Å². The van der Waals surface area contributed by atoms with Crippen LogP contribution in [0.25, 0.3) is 0 Å². The van der Waals surface area contributed by atoms with E-state index in [0.717, 1.165) is 32.0 Å². The lowest BCUT2D eigenvalue weighted by molar-refractivity contribution is 0.236. The fourth-order valence-corrected chi connectivity index (χ4v) is 2.53. The van der Waals surface area contributed by atoms with Crippen LogP contribution in [0.15, 0.2) is 18.2 Å². The highest BCUT2D eigenvalue weighted by Gasteiger charge is 2.23. The summed E-state index contributed by atoms with van der Waals surface area (Å²) in [6, 6.07) is 3.96. The van der Waals surface area contributed by atoms with E-state index in [4.69, 9.17) is 0 Å². The number of carbonyl (C=O) groups excluding carboxylic acids is 1. The molecular weight excluding hydrogens is 288 g/mol. The molecule has 0 saturated carbocycles. The second kappa shape index (κ2) is 7.42. The van der Waals surface area contributed by atoms with Gasteiger partial charge in [0.15, 0.2) is 11.6 Å². The summed E-state index contributed by atoms with van der Waals surface area (Å²) in [5.41, 5.74) is 0.686. The lowest BCUT2D eigenvalue weighted by Gasteiger charge is -2.19. The van der Waals surface area contributed by atoms with Gasteiger partial charge in [0.1, 0.15) is 0 Å². The number of nitrogens with zero attached hydrogens (tertiary/aromatic N) is 1. The molecule has 0 aliphatic carbocycles. The number of halogens is 2. The third-order valence-electron chi connectivity index (χ3n) is 4.10. The number of amides is 2. The maximum atomic E-state index is 13.3. The molecule has 2 N–H and O–H groups in total. The summed E-state index contributed by atoms with van der Waals surface area (Å²) in [7, 11) is 0. The maximum Gasteiger partial charge on any atom is 0.315 e. The molecule has 0 radical (unpaired) electrons. The van der Waals surface area contributed by atoms with Crippen LogP contribution in [-0.4, -0.2) is 31.7 Å². The molecule has 2 rings (SSSR count). The van der Waals surface area contributed by atoms with E-state index in [9.17, 15) is 13.6 Å². The summed E-state index contributed by atoms with van der Waals surface area (Å²) < 4.78 is 26.2. The summed E-state index contributed by atoms with van der Waals surface area (Å²) >= 11 is 0. The molecule has 22 heavy (non-hydrogen) atoms. The Morgan fingerprint density at radius 2 is 2.18 bits per heavy atom. The Morgan fingerprint density at radius 1 is 1.41 bits per heavy atom. The van der Waals surface area contributed by atoms with Crippen molar-refractivity contribution in [3.8, 4) is 0 Å². The summed E-state index contributed by atoms with van der Waals surface area (Å²) in [5.74, 6) is -1.34. The number of hydrogen-bond donors (Lipinski definition) is 2. The quantitative estimate of drug-likeness (QED) is 0.878. The van der Waals surface area contributed by atoms with Gasteiger partial charge in [0.05, 0.1) is 0 Å². The lowest BCUT2D eigenvalue weighted by atomic mass is 10.1. The van der Waals surface area contributed by atoms with E-state index in [1.165, 1.54) is 6.07 Å². The van der Waals surface area contributed by atoms with Gasteiger partial charge >= 0.3 is 6.03 Å². The van der Waals surface area contributed by atoms with Crippen molar-refractivity contribution in [2.24, 2.45) is 5.92 Å². The molecule has 0 unspecified atom stereocenters. The van der Waals surface area contributed by atoms with Gasteiger partial charge < -0.3 is 15.5 Å². The minimum absolute atomic E-state index is 0.152. The monoisotopic (exact) mass is 311 g/mol.